The SMILES string of the molecule is CC1=[C]([Hf+2]([C]2=C(C)C=CC2)=[Si](C)C)CC=C1.[Br-].[Br-]. The first-order chi connectivity index (χ1) is 7.61. The fourth-order valence-electron chi connectivity index (χ4n) is 2.61. The minimum atomic E-state index is -1.62. The van der Waals surface area contributed by atoms with Crippen LogP contribution in [0.15, 0.2) is 42.1 Å². The summed E-state index contributed by atoms with van der Waals surface area (Å²) >= 11 is -1.62. The van der Waals surface area contributed by atoms with Gasteiger partial charge >= 0.3 is 107 Å². The van der Waals surface area contributed by atoms with Crippen LogP contribution >= 0.6 is 0 Å². The summed E-state index contributed by atoms with van der Waals surface area (Å²) in [6.45, 7) is 9.74. The number of rotatable bonds is 2. The van der Waals surface area contributed by atoms with Gasteiger partial charge in [-0.05, 0) is 0 Å². The van der Waals surface area contributed by atoms with Gasteiger partial charge < -0.3 is 34.0 Å². The summed E-state index contributed by atoms with van der Waals surface area (Å²) in [5.74, 6) is 0. The maximum Gasteiger partial charge on any atom is -1.00 e. The van der Waals surface area contributed by atoms with Gasteiger partial charge in [0.05, 0.1) is 0 Å². The molecule has 0 N–H and O–H groups in total. The van der Waals surface area contributed by atoms with E-state index in [2.05, 4.69) is 51.2 Å². The van der Waals surface area contributed by atoms with Crippen molar-refractivity contribution in [1.82, 2.24) is 0 Å². The maximum absolute atomic E-state index is 2.55. The average Bonchev–Trinajstić information content (AvgIpc) is 2.79. The Hall–Kier alpha value is 1.01. The summed E-state index contributed by atoms with van der Waals surface area (Å²) in [5, 5.41) is 0. The van der Waals surface area contributed by atoms with Crippen molar-refractivity contribution >= 4 is 5.49 Å². The van der Waals surface area contributed by atoms with Gasteiger partial charge in [-0.3, -0.25) is 0 Å². The van der Waals surface area contributed by atoms with Crippen molar-refractivity contribution in [2.75, 3.05) is 0 Å². The van der Waals surface area contributed by atoms with E-state index in [1.165, 1.54) is 12.8 Å². The third kappa shape index (κ3) is 4.00. The van der Waals surface area contributed by atoms with Gasteiger partial charge in [-0.2, -0.15) is 0 Å². The molecule has 0 unspecified atom stereocenters. The van der Waals surface area contributed by atoms with E-state index in [0.717, 1.165) is 0 Å². The van der Waals surface area contributed by atoms with E-state index >= 15 is 0 Å². The molecule has 98 valence electrons. The first-order valence-corrected chi connectivity index (χ1v) is 17.5. The number of hydrogen-bond acceptors (Lipinski definition) is 0. The van der Waals surface area contributed by atoms with Crippen LogP contribution in [-0.2, 0) is 20.1 Å². The van der Waals surface area contributed by atoms with Crippen molar-refractivity contribution in [3.63, 3.8) is 0 Å². The molecular formula is C14H20Br2HfSi. The zero-order chi connectivity index (χ0) is 11.7. The molecule has 0 nitrogen and oxygen atoms in total. The zero-order valence-corrected chi connectivity index (χ0v) is 19.2. The fraction of sp³-hybridized carbons (Fsp3) is 0.429. The monoisotopic (exact) mass is 554 g/mol. The molecule has 0 bridgehead atoms. The molecule has 0 aromatic carbocycles. The molecule has 0 atom stereocenters. The van der Waals surface area contributed by atoms with Crippen LogP contribution in [0.3, 0.4) is 0 Å². The minimum Gasteiger partial charge on any atom is -1.00 e. The topological polar surface area (TPSA) is 0 Å². The molecule has 2 aliphatic carbocycles. The number of allylic oxidation sites excluding steroid dienone is 8. The predicted molar refractivity (Wildman–Crippen MR) is 70.4 cm³/mol. The smallest absolute Gasteiger partial charge is 1.00 e. The van der Waals surface area contributed by atoms with Crippen LogP contribution in [0.5, 0.6) is 0 Å². The molecule has 0 aliphatic heterocycles. The Labute approximate surface area is 140 Å². The molecule has 0 heterocycles. The minimum absolute atomic E-state index is 0. The van der Waals surface area contributed by atoms with Crippen LogP contribution in [0, 0.1) is 0 Å². The van der Waals surface area contributed by atoms with Gasteiger partial charge in [0.1, 0.15) is 0 Å². The molecule has 0 fully saturated rings. The number of hydrogen-bond donors (Lipinski definition) is 0. The van der Waals surface area contributed by atoms with Crippen LogP contribution in [0.2, 0.25) is 13.1 Å². The van der Waals surface area contributed by atoms with Crippen molar-refractivity contribution in [1.29, 1.82) is 0 Å². The standard InChI is InChI=1S/2C6H7.C2H6Si.2BrH.Hf/c2*1-6-4-2-3-5-6;1-3-2;;;/h2*2,4H,3H2,1H3;1-2H3;2*1H;/q;;;;;+2/p-2. The largest absolute Gasteiger partial charge is 1.00 e. The van der Waals surface area contributed by atoms with Crippen molar-refractivity contribution in [2.45, 2.75) is 39.8 Å². The van der Waals surface area contributed by atoms with E-state index in [1.807, 2.05) is 6.66 Å². The third-order valence-electron chi connectivity index (χ3n) is 3.44. The molecule has 2 rings (SSSR count). The predicted octanol–water partition coefficient (Wildman–Crippen LogP) is -1.67. The van der Waals surface area contributed by atoms with E-state index in [9.17, 15) is 0 Å². The Bertz CT molecular complexity index is 440. The molecule has 0 spiro atoms. The average molecular weight is 555 g/mol. The molecular weight excluding hydrogens is 535 g/mol. The van der Waals surface area contributed by atoms with Gasteiger partial charge in [-0.1, -0.05) is 0 Å². The van der Waals surface area contributed by atoms with Crippen LogP contribution in [-0.4, -0.2) is 5.49 Å². The van der Waals surface area contributed by atoms with Gasteiger partial charge in [0.15, 0.2) is 0 Å². The first-order valence-electron chi connectivity index (χ1n) is 6.02. The fourth-order valence-corrected chi connectivity index (χ4v) is 28.8. The van der Waals surface area contributed by atoms with Crippen LogP contribution in [0.4, 0.5) is 0 Å². The van der Waals surface area contributed by atoms with E-state index in [4.69, 9.17) is 0 Å². The summed E-state index contributed by atoms with van der Waals surface area (Å²) in [6, 6.07) is 0. The molecule has 0 saturated heterocycles. The van der Waals surface area contributed by atoms with E-state index < -0.39 is 20.1 Å². The van der Waals surface area contributed by atoms with E-state index in [-0.39, 0.29) is 39.5 Å². The van der Waals surface area contributed by atoms with Gasteiger partial charge in [0.25, 0.3) is 0 Å². The van der Waals surface area contributed by atoms with Crippen molar-refractivity contribution in [3.8, 4) is 0 Å². The van der Waals surface area contributed by atoms with Crippen LogP contribution in [0.1, 0.15) is 26.7 Å². The van der Waals surface area contributed by atoms with E-state index in [0.29, 0.717) is 0 Å². The second-order valence-electron chi connectivity index (χ2n) is 4.91. The zero-order valence-electron chi connectivity index (χ0n) is 11.5. The normalized spacial score (nSPS) is 16.4. The molecule has 0 aromatic rings. The molecule has 0 radical (unpaired) electrons. The molecule has 2 aliphatic rings. The first kappa shape index (κ1) is 19.0. The van der Waals surface area contributed by atoms with Crippen molar-refractivity contribution < 1.29 is 54.0 Å². The van der Waals surface area contributed by atoms with Crippen molar-refractivity contribution in [2.24, 2.45) is 0 Å². The summed E-state index contributed by atoms with van der Waals surface area (Å²) < 4.78 is 3.81. The van der Waals surface area contributed by atoms with E-state index in [1.54, 1.807) is 11.1 Å². The summed E-state index contributed by atoms with van der Waals surface area (Å²) in [5.41, 5.74) is 3.14. The summed E-state index contributed by atoms with van der Waals surface area (Å²) in [7, 11) is 0. The van der Waals surface area contributed by atoms with Gasteiger partial charge in [0.2, 0.25) is 0 Å². The summed E-state index contributed by atoms with van der Waals surface area (Å²) in [4.78, 5) is 0. The second-order valence-corrected chi connectivity index (χ2v) is 28.8. The van der Waals surface area contributed by atoms with Crippen LogP contribution < -0.4 is 34.0 Å². The Balaban J connectivity index is 0.00000144. The van der Waals surface area contributed by atoms with Gasteiger partial charge in [-0.15, -0.1) is 0 Å². The maximum atomic E-state index is 2.55. The van der Waals surface area contributed by atoms with Crippen molar-refractivity contribution in [3.05, 3.63) is 42.1 Å². The molecule has 4 heteroatoms. The molecule has 18 heavy (non-hydrogen) atoms. The Kier molecular flexibility index (Phi) is 8.79. The van der Waals surface area contributed by atoms with Crippen LogP contribution in [0.25, 0.3) is 0 Å². The summed E-state index contributed by atoms with van der Waals surface area (Å²) in [6.07, 6.45) is 12.0. The molecule has 0 saturated carbocycles. The van der Waals surface area contributed by atoms with Gasteiger partial charge in [0, 0.05) is 0 Å². The second kappa shape index (κ2) is 8.33. The molecule has 0 amide bonds. The quantitative estimate of drug-likeness (QED) is 0.359. The third-order valence-corrected chi connectivity index (χ3v) is 28.8. The Morgan fingerprint density at radius 3 is 1.50 bits per heavy atom. The molecule has 0 aromatic heterocycles. The Morgan fingerprint density at radius 2 is 1.28 bits per heavy atom. The van der Waals surface area contributed by atoms with Gasteiger partial charge in [-0.25, -0.2) is 0 Å². The Morgan fingerprint density at radius 1 is 0.889 bits per heavy atom. The number of halogens is 2.